The van der Waals surface area contributed by atoms with Crippen molar-refractivity contribution in [3.63, 3.8) is 0 Å². The zero-order chi connectivity index (χ0) is 13.3. The Labute approximate surface area is 122 Å². The molecule has 1 nitrogen and oxygen atoms in total. The van der Waals surface area contributed by atoms with Crippen molar-refractivity contribution in [1.82, 2.24) is 5.32 Å². The van der Waals surface area contributed by atoms with Gasteiger partial charge < -0.3 is 5.32 Å². The molecule has 0 radical (unpaired) electrons. The lowest BCUT2D eigenvalue weighted by molar-refractivity contribution is 0.344. The summed E-state index contributed by atoms with van der Waals surface area (Å²) in [6.45, 7) is 3.50. The van der Waals surface area contributed by atoms with Crippen molar-refractivity contribution in [1.29, 1.82) is 0 Å². The number of benzene rings is 1. The molecule has 0 bridgehead atoms. The molecule has 1 saturated carbocycles. The van der Waals surface area contributed by atoms with E-state index in [-0.39, 0.29) is 0 Å². The molecule has 2 heteroatoms. The normalized spacial score (nSPS) is 19.0. The van der Waals surface area contributed by atoms with Crippen LogP contribution < -0.4 is 5.32 Å². The predicted molar refractivity (Wildman–Crippen MR) is 85.8 cm³/mol. The van der Waals surface area contributed by atoms with Gasteiger partial charge in [-0.2, -0.15) is 0 Å². The first-order valence-electron chi connectivity index (χ1n) is 7.77. The Balaban J connectivity index is 1.62. The van der Waals surface area contributed by atoms with Gasteiger partial charge in [0.2, 0.25) is 0 Å². The van der Waals surface area contributed by atoms with Gasteiger partial charge in [0.15, 0.2) is 0 Å². The van der Waals surface area contributed by atoms with Gasteiger partial charge in [-0.25, -0.2) is 0 Å². The molecule has 0 aliphatic heterocycles. The van der Waals surface area contributed by atoms with E-state index in [0.29, 0.717) is 6.04 Å². The first-order valence-corrected chi connectivity index (χ1v) is 8.76. The minimum Gasteiger partial charge on any atom is -0.313 e. The molecule has 0 unspecified atom stereocenters. The fourth-order valence-corrected chi connectivity index (χ4v) is 3.76. The van der Waals surface area contributed by atoms with E-state index in [1.807, 2.05) is 11.8 Å². The smallest absolute Gasteiger partial charge is 0.0106 e. The minimum atomic E-state index is 0.689. The highest BCUT2D eigenvalue weighted by Crippen LogP contribution is 2.25. The second-order valence-corrected chi connectivity index (χ2v) is 6.82. The summed E-state index contributed by atoms with van der Waals surface area (Å²) in [7, 11) is 0. The second-order valence-electron chi connectivity index (χ2n) is 5.66. The molecule has 2 rings (SSSR count). The molecule has 1 N–H and O–H groups in total. The topological polar surface area (TPSA) is 12.0 Å². The lowest BCUT2D eigenvalue weighted by Gasteiger charge is -2.23. The van der Waals surface area contributed by atoms with Crippen LogP contribution in [0, 0.1) is 5.92 Å². The van der Waals surface area contributed by atoms with E-state index in [0.717, 1.165) is 12.5 Å². The van der Waals surface area contributed by atoms with Crippen molar-refractivity contribution in [2.24, 2.45) is 5.92 Å². The molecule has 0 spiro atoms. The fourth-order valence-electron chi connectivity index (χ4n) is 2.95. The van der Waals surface area contributed by atoms with Crippen LogP contribution >= 0.6 is 11.8 Å². The maximum absolute atomic E-state index is 3.73. The van der Waals surface area contributed by atoms with Crippen LogP contribution in [-0.2, 0) is 0 Å². The Morgan fingerprint density at radius 3 is 2.47 bits per heavy atom. The number of hydrogen-bond donors (Lipinski definition) is 1. The Morgan fingerprint density at radius 2 is 1.79 bits per heavy atom. The largest absolute Gasteiger partial charge is 0.313 e. The van der Waals surface area contributed by atoms with E-state index >= 15 is 0 Å². The highest BCUT2D eigenvalue weighted by atomic mass is 32.2. The van der Waals surface area contributed by atoms with Crippen molar-refractivity contribution in [2.45, 2.75) is 56.4 Å². The maximum Gasteiger partial charge on any atom is 0.0106 e. The van der Waals surface area contributed by atoms with Crippen LogP contribution in [0.15, 0.2) is 35.2 Å². The van der Waals surface area contributed by atoms with Crippen LogP contribution in [0.2, 0.25) is 0 Å². The van der Waals surface area contributed by atoms with Crippen molar-refractivity contribution < 1.29 is 0 Å². The summed E-state index contributed by atoms with van der Waals surface area (Å²) in [5.41, 5.74) is 0. The van der Waals surface area contributed by atoms with Gasteiger partial charge in [-0.3, -0.25) is 0 Å². The lowest BCUT2D eigenvalue weighted by atomic mass is 9.93. The van der Waals surface area contributed by atoms with Gasteiger partial charge in [0.25, 0.3) is 0 Å². The summed E-state index contributed by atoms with van der Waals surface area (Å²) >= 11 is 1.95. The third-order valence-corrected chi connectivity index (χ3v) is 5.20. The maximum atomic E-state index is 3.73. The molecule has 1 aromatic rings. The van der Waals surface area contributed by atoms with Gasteiger partial charge in [-0.05, 0) is 37.8 Å². The van der Waals surface area contributed by atoms with E-state index < -0.39 is 0 Å². The molecule has 1 aromatic carbocycles. The van der Waals surface area contributed by atoms with Crippen molar-refractivity contribution in [3.05, 3.63) is 30.3 Å². The molecule has 19 heavy (non-hydrogen) atoms. The van der Waals surface area contributed by atoms with Gasteiger partial charge in [-0.1, -0.05) is 43.9 Å². The lowest BCUT2D eigenvalue weighted by Crippen LogP contribution is -2.34. The summed E-state index contributed by atoms with van der Waals surface area (Å²) in [4.78, 5) is 1.38. The number of nitrogens with one attached hydrogen (secondary N) is 1. The fraction of sp³-hybridized carbons (Fsp3) is 0.647. The van der Waals surface area contributed by atoms with E-state index in [9.17, 15) is 0 Å². The number of hydrogen-bond acceptors (Lipinski definition) is 2. The van der Waals surface area contributed by atoms with Gasteiger partial charge in [-0.15, -0.1) is 11.8 Å². The van der Waals surface area contributed by atoms with Crippen LogP contribution in [0.3, 0.4) is 0 Å². The number of rotatable bonds is 6. The van der Waals surface area contributed by atoms with E-state index in [4.69, 9.17) is 0 Å². The van der Waals surface area contributed by atoms with Gasteiger partial charge in [0, 0.05) is 23.2 Å². The molecule has 1 atom stereocenters. The third kappa shape index (κ3) is 5.58. The molecular weight excluding hydrogens is 250 g/mol. The molecule has 0 amide bonds. The zero-order valence-corrected chi connectivity index (χ0v) is 12.9. The first kappa shape index (κ1) is 14.9. The van der Waals surface area contributed by atoms with Gasteiger partial charge in [0.05, 0.1) is 0 Å². The monoisotopic (exact) mass is 277 g/mol. The Kier molecular flexibility index (Phi) is 6.80. The van der Waals surface area contributed by atoms with Gasteiger partial charge >= 0.3 is 0 Å². The Hall–Kier alpha value is -0.470. The summed E-state index contributed by atoms with van der Waals surface area (Å²) in [5, 5.41) is 3.73. The van der Waals surface area contributed by atoms with E-state index in [1.54, 1.807) is 0 Å². The average molecular weight is 277 g/mol. The summed E-state index contributed by atoms with van der Waals surface area (Å²) in [6, 6.07) is 11.4. The molecule has 0 aromatic heterocycles. The highest BCUT2D eigenvalue weighted by Gasteiger charge is 2.18. The second kappa shape index (κ2) is 8.65. The van der Waals surface area contributed by atoms with Crippen molar-refractivity contribution in [3.8, 4) is 0 Å². The van der Waals surface area contributed by atoms with Crippen molar-refractivity contribution >= 4 is 11.8 Å². The summed E-state index contributed by atoms with van der Waals surface area (Å²) in [5.74, 6) is 2.07. The van der Waals surface area contributed by atoms with Gasteiger partial charge in [0.1, 0.15) is 0 Å². The highest BCUT2D eigenvalue weighted by molar-refractivity contribution is 7.99. The molecule has 0 saturated heterocycles. The van der Waals surface area contributed by atoms with Crippen molar-refractivity contribution in [2.75, 3.05) is 12.3 Å². The minimum absolute atomic E-state index is 0.689. The SMILES string of the molecule is C[C@@H](NCCSc1ccccc1)C1CCCCCC1. The van der Waals surface area contributed by atoms with Crippen LogP contribution in [-0.4, -0.2) is 18.3 Å². The molecule has 106 valence electrons. The predicted octanol–water partition coefficient (Wildman–Crippen LogP) is 4.73. The Bertz CT molecular complexity index is 330. The van der Waals surface area contributed by atoms with Crippen LogP contribution in [0.4, 0.5) is 0 Å². The molecule has 0 heterocycles. The Morgan fingerprint density at radius 1 is 1.11 bits per heavy atom. The summed E-state index contributed by atoms with van der Waals surface area (Å²) in [6.07, 6.45) is 8.64. The average Bonchev–Trinajstić information content (AvgIpc) is 2.73. The quantitative estimate of drug-likeness (QED) is 0.458. The third-order valence-electron chi connectivity index (χ3n) is 4.19. The van der Waals surface area contributed by atoms with Crippen LogP contribution in [0.1, 0.15) is 45.4 Å². The van der Waals surface area contributed by atoms with Crippen LogP contribution in [0.5, 0.6) is 0 Å². The standard InChI is InChI=1S/C17H27NS/c1-15(16-9-5-2-3-6-10-16)18-13-14-19-17-11-7-4-8-12-17/h4,7-8,11-12,15-16,18H,2-3,5-6,9-10,13-14H2,1H3/t15-/m1/s1. The van der Waals surface area contributed by atoms with E-state index in [1.165, 1.54) is 49.2 Å². The molecule has 1 fully saturated rings. The van der Waals surface area contributed by atoms with E-state index in [2.05, 4.69) is 42.6 Å². The van der Waals surface area contributed by atoms with Crippen LogP contribution in [0.25, 0.3) is 0 Å². The summed E-state index contributed by atoms with van der Waals surface area (Å²) < 4.78 is 0. The number of thioether (sulfide) groups is 1. The first-order chi connectivity index (χ1) is 9.36. The molecular formula is C17H27NS. The zero-order valence-electron chi connectivity index (χ0n) is 12.1. The molecule has 1 aliphatic rings. The molecule has 1 aliphatic carbocycles.